The van der Waals surface area contributed by atoms with Gasteiger partial charge in [-0.15, -0.1) is 0 Å². The van der Waals surface area contributed by atoms with Gasteiger partial charge in [-0.25, -0.2) is 4.79 Å². The number of aliphatic carboxylic acids is 1. The lowest BCUT2D eigenvalue weighted by molar-refractivity contribution is -0.137. The Kier molecular flexibility index (Phi) is 6.12. The van der Waals surface area contributed by atoms with Gasteiger partial charge in [0.15, 0.2) is 0 Å². The van der Waals surface area contributed by atoms with Crippen molar-refractivity contribution >= 4 is 12.0 Å². The van der Waals surface area contributed by atoms with E-state index in [0.717, 1.165) is 25.9 Å². The molecule has 0 aromatic heterocycles. The van der Waals surface area contributed by atoms with Crippen LogP contribution in [0.2, 0.25) is 0 Å². The van der Waals surface area contributed by atoms with Crippen molar-refractivity contribution in [3.05, 3.63) is 0 Å². The van der Waals surface area contributed by atoms with E-state index < -0.39 is 5.97 Å². The number of rotatable bonds is 6. The van der Waals surface area contributed by atoms with E-state index in [1.807, 2.05) is 23.6 Å². The van der Waals surface area contributed by atoms with Crippen LogP contribution < -0.4 is 0 Å². The first-order valence-corrected chi connectivity index (χ1v) is 7.23. The van der Waals surface area contributed by atoms with Crippen LogP contribution in [-0.4, -0.2) is 52.6 Å². The van der Waals surface area contributed by atoms with Gasteiger partial charge in [-0.2, -0.15) is 0 Å². The van der Waals surface area contributed by atoms with Gasteiger partial charge in [-0.1, -0.05) is 6.92 Å². The summed E-state index contributed by atoms with van der Waals surface area (Å²) >= 11 is 0. The summed E-state index contributed by atoms with van der Waals surface area (Å²) in [5, 5.41) is 8.69. The van der Waals surface area contributed by atoms with Gasteiger partial charge in [0.05, 0.1) is 0 Å². The summed E-state index contributed by atoms with van der Waals surface area (Å²) in [7, 11) is 0. The smallest absolute Gasteiger partial charge is 0.320 e. The van der Waals surface area contributed by atoms with Crippen molar-refractivity contribution in [3.8, 4) is 0 Å². The predicted octanol–water partition coefficient (Wildman–Crippen LogP) is 2.41. The number of amides is 2. The Morgan fingerprint density at radius 3 is 2.63 bits per heavy atom. The number of hydrogen-bond donors (Lipinski definition) is 1. The van der Waals surface area contributed by atoms with Crippen molar-refractivity contribution in [2.24, 2.45) is 5.92 Å². The molecule has 110 valence electrons. The molecule has 1 unspecified atom stereocenters. The molecule has 1 fully saturated rings. The minimum atomic E-state index is -0.750. The third-order valence-electron chi connectivity index (χ3n) is 3.66. The number of hydrogen-bond acceptors (Lipinski definition) is 2. The molecule has 0 aliphatic carbocycles. The molecule has 1 aliphatic heterocycles. The van der Waals surface area contributed by atoms with Crippen molar-refractivity contribution in [3.63, 3.8) is 0 Å². The lowest BCUT2D eigenvalue weighted by Gasteiger charge is -2.31. The maximum Gasteiger partial charge on any atom is 0.320 e. The molecular formula is C14H26N2O3. The fourth-order valence-electron chi connectivity index (χ4n) is 2.57. The van der Waals surface area contributed by atoms with Gasteiger partial charge in [0.2, 0.25) is 0 Å². The number of carboxylic acids is 1. The lowest BCUT2D eigenvalue weighted by atomic mass is 10.0. The number of carbonyl (C=O) groups excluding carboxylic acids is 1. The molecule has 1 N–H and O–H groups in total. The maximum atomic E-state index is 12.4. The fourth-order valence-corrected chi connectivity index (χ4v) is 2.57. The second-order valence-corrected chi connectivity index (χ2v) is 5.60. The largest absolute Gasteiger partial charge is 0.481 e. The molecule has 1 atom stereocenters. The van der Waals surface area contributed by atoms with Gasteiger partial charge < -0.3 is 14.9 Å². The van der Waals surface area contributed by atoms with Crippen molar-refractivity contribution in [2.75, 3.05) is 19.6 Å². The number of carbonyl (C=O) groups is 2. The van der Waals surface area contributed by atoms with Crippen LogP contribution in [0.1, 0.15) is 46.5 Å². The van der Waals surface area contributed by atoms with Crippen molar-refractivity contribution < 1.29 is 14.7 Å². The zero-order chi connectivity index (χ0) is 14.4. The highest BCUT2D eigenvalue weighted by Gasteiger charge is 2.30. The third kappa shape index (κ3) is 4.73. The molecular weight excluding hydrogens is 244 g/mol. The number of nitrogens with zero attached hydrogens (tertiary/aromatic N) is 2. The van der Waals surface area contributed by atoms with Crippen molar-refractivity contribution in [1.82, 2.24) is 9.80 Å². The summed E-state index contributed by atoms with van der Waals surface area (Å²) in [6.07, 6.45) is 2.77. The van der Waals surface area contributed by atoms with Crippen molar-refractivity contribution in [1.29, 1.82) is 0 Å². The van der Waals surface area contributed by atoms with Gasteiger partial charge in [0, 0.05) is 32.1 Å². The predicted molar refractivity (Wildman–Crippen MR) is 74.1 cm³/mol. The molecule has 2 amide bonds. The van der Waals surface area contributed by atoms with E-state index >= 15 is 0 Å². The minimum Gasteiger partial charge on any atom is -0.481 e. The van der Waals surface area contributed by atoms with Crippen LogP contribution in [0, 0.1) is 5.92 Å². The van der Waals surface area contributed by atoms with Crippen LogP contribution in [0.15, 0.2) is 0 Å². The maximum absolute atomic E-state index is 12.4. The second kappa shape index (κ2) is 7.36. The lowest BCUT2D eigenvalue weighted by Crippen LogP contribution is -2.45. The third-order valence-corrected chi connectivity index (χ3v) is 3.66. The Labute approximate surface area is 115 Å². The first-order valence-electron chi connectivity index (χ1n) is 7.23. The molecule has 0 bridgehead atoms. The molecule has 1 saturated heterocycles. The van der Waals surface area contributed by atoms with E-state index in [9.17, 15) is 9.59 Å². The topological polar surface area (TPSA) is 60.9 Å². The summed E-state index contributed by atoms with van der Waals surface area (Å²) in [5.74, 6) is -0.407. The summed E-state index contributed by atoms with van der Waals surface area (Å²) in [4.78, 5) is 26.7. The van der Waals surface area contributed by atoms with Crippen molar-refractivity contribution in [2.45, 2.75) is 52.5 Å². The summed E-state index contributed by atoms with van der Waals surface area (Å²) in [6, 6.07) is 0.320. The molecule has 0 radical (unpaired) electrons. The fraction of sp³-hybridized carbons (Fsp3) is 0.857. The number of carboxylic acid groups (broad SMARTS) is 1. The Hall–Kier alpha value is -1.26. The molecule has 0 aromatic carbocycles. The van der Waals surface area contributed by atoms with E-state index in [1.54, 1.807) is 0 Å². The van der Waals surface area contributed by atoms with Crippen LogP contribution in [0.5, 0.6) is 0 Å². The Morgan fingerprint density at radius 2 is 2.11 bits per heavy atom. The SMILES string of the molecule is CCCN(C(=O)N1CCC(CCC(=O)O)C1)C(C)C. The van der Waals surface area contributed by atoms with E-state index in [1.165, 1.54) is 0 Å². The average Bonchev–Trinajstić information content (AvgIpc) is 2.81. The zero-order valence-corrected chi connectivity index (χ0v) is 12.3. The standard InChI is InChI=1S/C14H26N2O3/c1-4-8-16(11(2)3)14(19)15-9-7-12(10-15)5-6-13(17)18/h11-12H,4-10H2,1-3H3,(H,17,18). The molecule has 1 rings (SSSR count). The van der Waals surface area contributed by atoms with Crippen LogP contribution in [-0.2, 0) is 4.79 Å². The second-order valence-electron chi connectivity index (χ2n) is 5.60. The highest BCUT2D eigenvalue weighted by molar-refractivity contribution is 5.75. The molecule has 5 heteroatoms. The summed E-state index contributed by atoms with van der Waals surface area (Å²) in [6.45, 7) is 8.39. The van der Waals surface area contributed by atoms with Gasteiger partial charge >= 0.3 is 12.0 Å². The Bertz CT molecular complexity index is 318. The molecule has 0 aromatic rings. The average molecular weight is 270 g/mol. The first-order chi connectivity index (χ1) is 8.95. The van der Waals surface area contributed by atoms with Gasteiger partial charge in [0.1, 0.15) is 0 Å². The zero-order valence-electron chi connectivity index (χ0n) is 12.3. The van der Waals surface area contributed by atoms with Crippen LogP contribution in [0.3, 0.4) is 0 Å². The molecule has 0 saturated carbocycles. The number of likely N-dealkylation sites (tertiary alicyclic amines) is 1. The van der Waals surface area contributed by atoms with Crippen LogP contribution in [0.4, 0.5) is 4.79 Å². The van der Waals surface area contributed by atoms with E-state index in [0.29, 0.717) is 18.9 Å². The molecule has 19 heavy (non-hydrogen) atoms. The van der Waals surface area contributed by atoms with Crippen LogP contribution >= 0.6 is 0 Å². The van der Waals surface area contributed by atoms with E-state index in [-0.39, 0.29) is 18.5 Å². The highest BCUT2D eigenvalue weighted by Crippen LogP contribution is 2.22. The number of urea groups is 1. The highest BCUT2D eigenvalue weighted by atomic mass is 16.4. The van der Waals surface area contributed by atoms with Gasteiger partial charge in [-0.05, 0) is 39.0 Å². The van der Waals surface area contributed by atoms with E-state index in [2.05, 4.69) is 6.92 Å². The summed E-state index contributed by atoms with van der Waals surface area (Å²) in [5.41, 5.74) is 0. The monoisotopic (exact) mass is 270 g/mol. The molecule has 1 aliphatic rings. The summed E-state index contributed by atoms with van der Waals surface area (Å²) < 4.78 is 0. The molecule has 0 spiro atoms. The first kappa shape index (κ1) is 15.8. The van der Waals surface area contributed by atoms with Gasteiger partial charge in [0.25, 0.3) is 0 Å². The quantitative estimate of drug-likeness (QED) is 0.806. The molecule has 1 heterocycles. The normalized spacial score (nSPS) is 18.9. The Balaban J connectivity index is 2.48. The Morgan fingerprint density at radius 1 is 1.42 bits per heavy atom. The van der Waals surface area contributed by atoms with Crippen LogP contribution in [0.25, 0.3) is 0 Å². The molecule has 5 nitrogen and oxygen atoms in total. The van der Waals surface area contributed by atoms with Gasteiger partial charge in [-0.3, -0.25) is 4.79 Å². The van der Waals surface area contributed by atoms with E-state index in [4.69, 9.17) is 5.11 Å². The minimum absolute atomic E-state index is 0.106.